The highest BCUT2D eigenvalue weighted by Gasteiger charge is 2.22. The first-order valence-electron chi connectivity index (χ1n) is 9.15. The maximum atomic E-state index is 12.7. The molecule has 10 heteroatoms. The second-order valence-electron chi connectivity index (χ2n) is 6.69. The highest BCUT2D eigenvalue weighted by Crippen LogP contribution is 2.24. The van der Waals surface area contributed by atoms with E-state index in [1.807, 2.05) is 0 Å². The summed E-state index contributed by atoms with van der Waals surface area (Å²) >= 11 is 11.7. The van der Waals surface area contributed by atoms with Crippen LogP contribution in [0.5, 0.6) is 0 Å². The first-order valence-corrected chi connectivity index (χ1v) is 12.8. The van der Waals surface area contributed by atoms with E-state index in [9.17, 15) is 16.8 Å². The smallest absolute Gasteiger partial charge is 0.199 e. The largest absolute Gasteiger partial charge is 0.282 e. The number of fused-ring (bicyclic) bond motifs is 1. The van der Waals surface area contributed by atoms with Gasteiger partial charge in [0.15, 0.2) is 0 Å². The zero-order chi connectivity index (χ0) is 22.9. The van der Waals surface area contributed by atoms with Crippen LogP contribution in [0.4, 0.5) is 0 Å². The van der Waals surface area contributed by atoms with Gasteiger partial charge in [-0.2, -0.15) is 25.6 Å². The fourth-order valence-electron chi connectivity index (χ4n) is 3.00. The number of benzene rings is 3. The van der Waals surface area contributed by atoms with Gasteiger partial charge in [-0.3, -0.25) is 0 Å². The van der Waals surface area contributed by atoms with Crippen molar-refractivity contribution in [2.45, 2.75) is 9.79 Å². The van der Waals surface area contributed by atoms with E-state index in [-0.39, 0.29) is 21.2 Å². The molecule has 1 aliphatic rings. The van der Waals surface area contributed by atoms with Crippen LogP contribution in [-0.2, 0) is 20.0 Å². The van der Waals surface area contributed by atoms with Crippen molar-refractivity contribution in [2.75, 3.05) is 0 Å². The minimum atomic E-state index is -4.01. The van der Waals surface area contributed by atoms with E-state index in [0.717, 1.165) is 0 Å². The summed E-state index contributed by atoms with van der Waals surface area (Å²) in [6.07, 6.45) is 2.85. The molecule has 1 aliphatic carbocycles. The minimum absolute atomic E-state index is 0.00920. The van der Waals surface area contributed by atoms with Gasteiger partial charge in [-0.25, -0.2) is 0 Å². The maximum absolute atomic E-state index is 12.7. The predicted molar refractivity (Wildman–Crippen MR) is 126 cm³/mol. The molecule has 0 bridgehead atoms. The van der Waals surface area contributed by atoms with Crippen molar-refractivity contribution in [2.24, 2.45) is 8.80 Å². The Bertz CT molecular complexity index is 1380. The molecule has 0 unspecified atom stereocenters. The Morgan fingerprint density at radius 1 is 0.531 bits per heavy atom. The van der Waals surface area contributed by atoms with Gasteiger partial charge in [-0.1, -0.05) is 47.5 Å². The fourth-order valence-corrected chi connectivity index (χ4v) is 5.26. The maximum Gasteiger partial charge on any atom is 0.282 e. The lowest BCUT2D eigenvalue weighted by Gasteiger charge is -2.15. The van der Waals surface area contributed by atoms with E-state index in [4.69, 9.17) is 23.2 Å². The Hall–Kier alpha value is -2.78. The Labute approximate surface area is 195 Å². The summed E-state index contributed by atoms with van der Waals surface area (Å²) in [6.45, 7) is 0. The number of nitrogens with zero attached hydrogens (tertiary/aromatic N) is 2. The molecule has 0 atom stereocenters. The average molecular weight is 505 g/mol. The van der Waals surface area contributed by atoms with Gasteiger partial charge in [0.05, 0.1) is 21.2 Å². The lowest BCUT2D eigenvalue weighted by molar-refractivity contribution is 0.596. The lowest BCUT2D eigenvalue weighted by atomic mass is 9.94. The molecule has 3 aromatic rings. The molecular weight excluding hydrogens is 491 g/mol. The van der Waals surface area contributed by atoms with Crippen molar-refractivity contribution in [1.82, 2.24) is 0 Å². The molecule has 0 aromatic heterocycles. The van der Waals surface area contributed by atoms with E-state index in [0.29, 0.717) is 21.2 Å². The summed E-state index contributed by atoms with van der Waals surface area (Å²) in [6, 6.07) is 18.0. The second kappa shape index (κ2) is 8.63. The molecule has 0 saturated carbocycles. The van der Waals surface area contributed by atoms with Gasteiger partial charge in [0.2, 0.25) is 0 Å². The van der Waals surface area contributed by atoms with Crippen molar-refractivity contribution in [3.8, 4) is 0 Å². The summed E-state index contributed by atoms with van der Waals surface area (Å²) < 4.78 is 58.9. The van der Waals surface area contributed by atoms with Crippen LogP contribution in [0.15, 0.2) is 104 Å². The fraction of sp³-hybridized carbons (Fsp3) is 0. The van der Waals surface area contributed by atoms with E-state index in [2.05, 4.69) is 8.80 Å². The number of sulfonamides is 2. The molecule has 4 rings (SSSR count). The van der Waals surface area contributed by atoms with Gasteiger partial charge >= 0.3 is 0 Å². The molecule has 0 aliphatic heterocycles. The molecule has 3 aromatic carbocycles. The first kappa shape index (κ1) is 22.4. The van der Waals surface area contributed by atoms with Crippen LogP contribution in [0.25, 0.3) is 0 Å². The molecule has 162 valence electrons. The van der Waals surface area contributed by atoms with Crippen LogP contribution in [0.1, 0.15) is 11.1 Å². The number of hydrogen-bond acceptors (Lipinski definition) is 4. The standard InChI is InChI=1S/C22H14Cl2N2O4S2/c23-15-5-9-17(10-6-15)31(27,28)25-21-13-14-22(20-4-2-1-3-19(20)21)26-32(29,30)18-11-7-16(24)8-12-18/h1-14H. The van der Waals surface area contributed by atoms with Gasteiger partial charge in [0, 0.05) is 21.2 Å². The van der Waals surface area contributed by atoms with Crippen LogP contribution in [0.2, 0.25) is 10.0 Å². The molecule has 0 radical (unpaired) electrons. The van der Waals surface area contributed by atoms with Gasteiger partial charge in [0.1, 0.15) is 0 Å². The normalized spacial score (nSPS) is 16.3. The molecule has 0 N–H and O–H groups in total. The molecule has 0 spiro atoms. The minimum Gasteiger partial charge on any atom is -0.199 e. The summed E-state index contributed by atoms with van der Waals surface area (Å²) in [5.41, 5.74) is 1.21. The van der Waals surface area contributed by atoms with Crippen LogP contribution < -0.4 is 0 Å². The predicted octanol–water partition coefficient (Wildman–Crippen LogP) is 4.92. The summed E-state index contributed by atoms with van der Waals surface area (Å²) in [7, 11) is -8.02. The van der Waals surface area contributed by atoms with Gasteiger partial charge in [0.25, 0.3) is 20.0 Å². The summed E-state index contributed by atoms with van der Waals surface area (Å²) in [4.78, 5) is -0.0184. The molecule has 32 heavy (non-hydrogen) atoms. The number of hydrogen-bond donors (Lipinski definition) is 0. The third-order valence-corrected chi connectivity index (χ3v) is 7.65. The number of rotatable bonds is 4. The van der Waals surface area contributed by atoms with Crippen LogP contribution in [-0.4, -0.2) is 28.3 Å². The molecule has 0 saturated heterocycles. The Morgan fingerprint density at radius 3 is 1.22 bits per heavy atom. The Kier molecular flexibility index (Phi) is 6.05. The SMILES string of the molecule is O=S(=O)(N=C1C=CC(=NS(=O)(=O)c2ccc(Cl)cc2)c2ccccc21)c1ccc(Cl)cc1. The van der Waals surface area contributed by atoms with Gasteiger partial charge in [-0.15, -0.1) is 0 Å². The highest BCUT2D eigenvalue weighted by atomic mass is 35.5. The van der Waals surface area contributed by atoms with Crippen molar-refractivity contribution in [3.63, 3.8) is 0 Å². The van der Waals surface area contributed by atoms with Crippen molar-refractivity contribution < 1.29 is 16.8 Å². The monoisotopic (exact) mass is 504 g/mol. The lowest BCUT2D eigenvalue weighted by Crippen LogP contribution is -2.16. The Morgan fingerprint density at radius 2 is 0.875 bits per heavy atom. The third-order valence-electron chi connectivity index (χ3n) is 4.54. The van der Waals surface area contributed by atoms with E-state index < -0.39 is 20.0 Å². The van der Waals surface area contributed by atoms with E-state index >= 15 is 0 Å². The van der Waals surface area contributed by atoms with E-state index in [1.54, 1.807) is 24.3 Å². The zero-order valence-corrected chi connectivity index (χ0v) is 19.3. The zero-order valence-electron chi connectivity index (χ0n) is 16.2. The molecule has 0 fully saturated rings. The number of halogens is 2. The van der Waals surface area contributed by atoms with Gasteiger partial charge < -0.3 is 0 Å². The highest BCUT2D eigenvalue weighted by molar-refractivity contribution is 7.90. The average Bonchev–Trinajstić information content (AvgIpc) is 2.76. The second-order valence-corrected chi connectivity index (χ2v) is 10.8. The van der Waals surface area contributed by atoms with Crippen LogP contribution >= 0.6 is 23.2 Å². The number of allylic oxidation sites excluding steroid dienone is 2. The summed E-state index contributed by atoms with van der Waals surface area (Å²) in [5.74, 6) is 0. The Balaban J connectivity index is 1.78. The van der Waals surface area contributed by atoms with E-state index in [1.165, 1.54) is 60.7 Å². The topological polar surface area (TPSA) is 93.0 Å². The molecule has 0 amide bonds. The van der Waals surface area contributed by atoms with Crippen LogP contribution in [0.3, 0.4) is 0 Å². The molecular formula is C22H14Cl2N2O4S2. The third kappa shape index (κ3) is 4.68. The van der Waals surface area contributed by atoms with Crippen molar-refractivity contribution in [3.05, 3.63) is 106 Å². The van der Waals surface area contributed by atoms with Crippen LogP contribution in [0, 0.1) is 0 Å². The molecule has 0 heterocycles. The first-order chi connectivity index (χ1) is 15.2. The summed E-state index contributed by atoms with van der Waals surface area (Å²) in [5, 5.41) is 0.810. The molecule has 6 nitrogen and oxygen atoms in total. The van der Waals surface area contributed by atoms with Crippen molar-refractivity contribution in [1.29, 1.82) is 0 Å². The quantitative estimate of drug-likeness (QED) is 0.503. The van der Waals surface area contributed by atoms with Crippen molar-refractivity contribution >= 4 is 54.7 Å². The van der Waals surface area contributed by atoms with Gasteiger partial charge in [-0.05, 0) is 60.7 Å².